The van der Waals surface area contributed by atoms with Gasteiger partial charge in [0.15, 0.2) is 5.76 Å². The zero-order valence-electron chi connectivity index (χ0n) is 16.1. The monoisotopic (exact) mass is 500 g/mol. The topological polar surface area (TPSA) is 113 Å². The molecule has 11 heteroatoms. The second kappa shape index (κ2) is 12.6. The van der Waals surface area contributed by atoms with Crippen molar-refractivity contribution in [3.63, 3.8) is 0 Å². The van der Waals surface area contributed by atoms with Crippen LogP contribution in [0.5, 0.6) is 5.75 Å². The first-order valence-corrected chi connectivity index (χ1v) is 11.4. The smallest absolute Gasteiger partial charge is 0.202 e. The molecular weight excluding hydrogens is 479 g/mol. The fourth-order valence-electron chi connectivity index (χ4n) is 1.97. The highest BCUT2D eigenvalue weighted by molar-refractivity contribution is 7.95. The van der Waals surface area contributed by atoms with Crippen LogP contribution in [0.15, 0.2) is 62.5 Å². The Balaban J connectivity index is 3.06. The highest BCUT2D eigenvalue weighted by atomic mass is 35.5. The first-order valence-electron chi connectivity index (χ1n) is 8.59. The van der Waals surface area contributed by atoms with Crippen LogP contribution < -0.4 is 4.74 Å². The van der Waals surface area contributed by atoms with Gasteiger partial charge in [-0.25, -0.2) is 8.42 Å². The van der Waals surface area contributed by atoms with E-state index in [9.17, 15) is 18.6 Å². The minimum atomic E-state index is -3.88. The Labute approximate surface area is 190 Å². The molecule has 0 heterocycles. The number of halogens is 3. The van der Waals surface area contributed by atoms with Crippen molar-refractivity contribution in [2.24, 2.45) is 0 Å². The lowest BCUT2D eigenvalue weighted by Gasteiger charge is -2.13. The SMILES string of the molecule is C=C(Cl)/C(OC[C@H](O)CCl)=C(Cl)\C=C(/C)S(=O)(=O)c1ccc(OC[C@H](O)CO)cc1. The average Bonchev–Trinajstić information content (AvgIpc) is 2.71. The van der Waals surface area contributed by atoms with E-state index >= 15 is 0 Å². The number of hydrogen-bond acceptors (Lipinski definition) is 7. The van der Waals surface area contributed by atoms with Crippen molar-refractivity contribution in [2.75, 3.05) is 25.7 Å². The lowest BCUT2D eigenvalue weighted by atomic mass is 10.3. The second-order valence-corrected chi connectivity index (χ2v) is 9.37. The number of alkyl halides is 1. The number of rotatable bonds is 12. The summed E-state index contributed by atoms with van der Waals surface area (Å²) in [6.07, 6.45) is -0.837. The van der Waals surface area contributed by atoms with Crippen LogP contribution >= 0.6 is 34.8 Å². The first kappa shape index (κ1) is 26.8. The third-order valence-electron chi connectivity index (χ3n) is 3.60. The molecule has 7 nitrogen and oxygen atoms in total. The summed E-state index contributed by atoms with van der Waals surface area (Å²) < 4.78 is 36.1. The van der Waals surface area contributed by atoms with E-state index in [2.05, 4.69) is 6.58 Å². The van der Waals surface area contributed by atoms with E-state index in [-0.39, 0.29) is 44.7 Å². The molecule has 0 saturated heterocycles. The number of ether oxygens (including phenoxy) is 2. The lowest BCUT2D eigenvalue weighted by Crippen LogP contribution is -2.21. The molecule has 30 heavy (non-hydrogen) atoms. The Hall–Kier alpha value is -1.26. The van der Waals surface area contributed by atoms with Crippen LogP contribution in [0.2, 0.25) is 0 Å². The summed E-state index contributed by atoms with van der Waals surface area (Å²) >= 11 is 17.5. The average molecular weight is 502 g/mol. The van der Waals surface area contributed by atoms with Crippen LogP contribution in [-0.2, 0) is 14.6 Å². The molecule has 168 valence electrons. The van der Waals surface area contributed by atoms with E-state index in [1.165, 1.54) is 31.2 Å². The summed E-state index contributed by atoms with van der Waals surface area (Å²) in [5.74, 6) is 0.179. The molecule has 0 unspecified atom stereocenters. The van der Waals surface area contributed by atoms with Gasteiger partial charge in [-0.05, 0) is 37.3 Å². The molecule has 1 aromatic carbocycles. The largest absolute Gasteiger partial charge is 0.491 e. The minimum absolute atomic E-state index is 0.0134. The van der Waals surface area contributed by atoms with Crippen LogP contribution in [0.25, 0.3) is 0 Å². The number of sulfone groups is 1. The van der Waals surface area contributed by atoms with Gasteiger partial charge < -0.3 is 24.8 Å². The minimum Gasteiger partial charge on any atom is -0.491 e. The standard InChI is InChI=1S/C19H23Cl3O7S/c1-12(7-18(22)19(13(2)21)29-10-14(24)8-20)30(26,27)17-5-3-16(4-6-17)28-11-15(25)9-23/h3-7,14-15,23-25H,2,8-11H2,1H3/b12-7+,19-18-/t14-,15-/m1/s1. The molecule has 1 rings (SSSR count). The van der Waals surface area contributed by atoms with Crippen LogP contribution in [0.3, 0.4) is 0 Å². The zero-order valence-corrected chi connectivity index (χ0v) is 19.2. The molecule has 0 aliphatic carbocycles. The van der Waals surface area contributed by atoms with E-state index in [1.54, 1.807) is 0 Å². The molecule has 2 atom stereocenters. The summed E-state index contributed by atoms with van der Waals surface area (Å²) in [6, 6.07) is 5.51. The summed E-state index contributed by atoms with van der Waals surface area (Å²) in [5, 5.41) is 27.4. The molecule has 1 aromatic rings. The third-order valence-corrected chi connectivity index (χ3v) is 6.27. The molecule has 0 bridgehead atoms. The molecule has 0 aliphatic rings. The maximum Gasteiger partial charge on any atom is 0.202 e. The Morgan fingerprint density at radius 1 is 1.17 bits per heavy atom. The van der Waals surface area contributed by atoms with Crippen LogP contribution in [0, 0.1) is 0 Å². The van der Waals surface area contributed by atoms with Gasteiger partial charge in [0.25, 0.3) is 0 Å². The van der Waals surface area contributed by atoms with E-state index in [0.717, 1.165) is 6.08 Å². The van der Waals surface area contributed by atoms with Crippen molar-refractivity contribution < 1.29 is 33.2 Å². The Morgan fingerprint density at radius 3 is 2.27 bits per heavy atom. The normalized spacial score (nSPS) is 15.2. The highest BCUT2D eigenvalue weighted by Gasteiger charge is 2.19. The van der Waals surface area contributed by atoms with E-state index in [0.29, 0.717) is 5.75 Å². The fraction of sp³-hybridized carbons (Fsp3) is 0.368. The highest BCUT2D eigenvalue weighted by Crippen LogP contribution is 2.27. The maximum absolute atomic E-state index is 12.8. The van der Waals surface area contributed by atoms with Crippen molar-refractivity contribution in [2.45, 2.75) is 24.0 Å². The van der Waals surface area contributed by atoms with E-state index < -0.39 is 28.7 Å². The van der Waals surface area contributed by atoms with Crippen LogP contribution in [-0.4, -0.2) is 61.6 Å². The summed E-state index contributed by atoms with van der Waals surface area (Å²) in [6.45, 7) is 4.08. The van der Waals surface area contributed by atoms with Gasteiger partial charge in [0.05, 0.1) is 27.4 Å². The van der Waals surface area contributed by atoms with Gasteiger partial charge in [0.1, 0.15) is 31.2 Å². The van der Waals surface area contributed by atoms with Gasteiger partial charge in [-0.3, -0.25) is 0 Å². The number of hydrogen-bond donors (Lipinski definition) is 3. The molecular formula is C19H23Cl3O7S. The molecule has 0 amide bonds. The summed E-state index contributed by atoms with van der Waals surface area (Å²) in [7, 11) is -3.88. The Morgan fingerprint density at radius 2 is 1.77 bits per heavy atom. The number of allylic oxidation sites excluding steroid dienone is 4. The Kier molecular flexibility index (Phi) is 11.2. The van der Waals surface area contributed by atoms with Crippen molar-refractivity contribution in [1.82, 2.24) is 0 Å². The fourth-order valence-corrected chi connectivity index (χ4v) is 3.80. The van der Waals surface area contributed by atoms with Gasteiger partial charge >= 0.3 is 0 Å². The molecule has 0 saturated carbocycles. The molecule has 0 fully saturated rings. The first-order chi connectivity index (χ1) is 14.0. The van der Waals surface area contributed by atoms with Gasteiger partial charge in [-0.2, -0.15) is 0 Å². The summed E-state index contributed by atoms with van der Waals surface area (Å²) in [4.78, 5) is -0.103. The van der Waals surface area contributed by atoms with E-state index in [1.807, 2.05) is 0 Å². The van der Waals surface area contributed by atoms with E-state index in [4.69, 9.17) is 49.4 Å². The maximum atomic E-state index is 12.8. The molecule has 0 spiro atoms. The number of benzene rings is 1. The predicted octanol–water partition coefficient (Wildman–Crippen LogP) is 2.92. The molecule has 0 aromatic heterocycles. The third kappa shape index (κ3) is 8.11. The van der Waals surface area contributed by atoms with Crippen molar-refractivity contribution in [3.8, 4) is 5.75 Å². The van der Waals surface area contributed by atoms with Crippen molar-refractivity contribution >= 4 is 44.6 Å². The lowest BCUT2D eigenvalue weighted by molar-refractivity contribution is 0.0536. The van der Waals surface area contributed by atoms with Gasteiger partial charge in [-0.1, -0.05) is 29.8 Å². The van der Waals surface area contributed by atoms with Gasteiger partial charge in [-0.15, -0.1) is 11.6 Å². The number of aliphatic hydroxyl groups excluding tert-OH is 3. The van der Waals surface area contributed by atoms with Crippen molar-refractivity contribution in [1.29, 1.82) is 0 Å². The van der Waals surface area contributed by atoms with Crippen molar-refractivity contribution in [3.05, 3.63) is 57.6 Å². The predicted molar refractivity (Wildman–Crippen MR) is 117 cm³/mol. The zero-order chi connectivity index (χ0) is 22.9. The Bertz CT molecular complexity index is 880. The quantitative estimate of drug-likeness (QED) is 0.229. The van der Waals surface area contributed by atoms with Crippen LogP contribution in [0.1, 0.15) is 6.92 Å². The molecule has 0 aliphatic heterocycles. The number of aliphatic hydroxyl groups is 3. The van der Waals surface area contributed by atoms with Gasteiger partial charge in [0.2, 0.25) is 9.84 Å². The molecule has 0 radical (unpaired) electrons. The molecule has 3 N–H and O–H groups in total. The summed E-state index contributed by atoms with van der Waals surface area (Å²) in [5.41, 5.74) is 0. The van der Waals surface area contributed by atoms with Crippen LogP contribution in [0.4, 0.5) is 0 Å². The second-order valence-electron chi connectivity index (χ2n) is 6.08. The van der Waals surface area contributed by atoms with Gasteiger partial charge in [0, 0.05) is 4.91 Å².